The largest absolute Gasteiger partial charge is 0.462 e. The minimum absolute atomic E-state index is 0.0556. The van der Waals surface area contributed by atoms with E-state index in [2.05, 4.69) is 21.2 Å². The summed E-state index contributed by atoms with van der Waals surface area (Å²) in [6, 6.07) is 14.2. The van der Waals surface area contributed by atoms with Crippen LogP contribution in [0, 0.1) is 0 Å². The highest BCUT2D eigenvalue weighted by Gasteiger charge is 2.07. The third-order valence-electron chi connectivity index (χ3n) is 3.52. The first-order valence-electron chi connectivity index (χ1n) is 8.08. The molecule has 2 rings (SSSR count). The van der Waals surface area contributed by atoms with Crippen molar-refractivity contribution in [2.24, 2.45) is 0 Å². The van der Waals surface area contributed by atoms with Crippen LogP contribution in [0.3, 0.4) is 0 Å². The molecule has 0 saturated carbocycles. The number of halogens is 1. The van der Waals surface area contributed by atoms with Crippen molar-refractivity contribution in [2.75, 3.05) is 11.9 Å². The molecule has 0 heterocycles. The van der Waals surface area contributed by atoms with Gasteiger partial charge in [-0.2, -0.15) is 0 Å². The highest BCUT2D eigenvalue weighted by molar-refractivity contribution is 9.10. The van der Waals surface area contributed by atoms with Crippen molar-refractivity contribution in [3.05, 3.63) is 75.9 Å². The van der Waals surface area contributed by atoms with Gasteiger partial charge in [0.15, 0.2) is 5.78 Å². The Kier molecular flexibility index (Phi) is 6.95. The fraction of sp³-hybridized carbons (Fsp3) is 0.200. The lowest BCUT2D eigenvalue weighted by molar-refractivity contribution is 0.0526. The summed E-state index contributed by atoms with van der Waals surface area (Å²) in [5, 5.41) is 3.22. The number of hydrogen-bond acceptors (Lipinski definition) is 4. The quantitative estimate of drug-likeness (QED) is 0.392. The molecule has 25 heavy (non-hydrogen) atoms. The maximum absolute atomic E-state index is 12.3. The number of ketones is 1. The molecule has 5 heteroatoms. The summed E-state index contributed by atoms with van der Waals surface area (Å²) >= 11 is 3.36. The summed E-state index contributed by atoms with van der Waals surface area (Å²) in [7, 11) is 0. The zero-order valence-corrected chi connectivity index (χ0v) is 15.8. The normalized spacial score (nSPS) is 11.1. The molecular weight excluding hydrogens is 382 g/mol. The fourth-order valence-electron chi connectivity index (χ4n) is 2.17. The maximum Gasteiger partial charge on any atom is 0.338 e. The summed E-state index contributed by atoms with van der Waals surface area (Å²) in [6.07, 6.45) is 2.28. The molecule has 4 nitrogen and oxygen atoms in total. The van der Waals surface area contributed by atoms with Gasteiger partial charge in [0.25, 0.3) is 0 Å². The number of hydrogen-bond donors (Lipinski definition) is 1. The van der Waals surface area contributed by atoms with Crippen LogP contribution in [0.15, 0.2) is 64.8 Å². The lowest BCUT2D eigenvalue weighted by atomic mass is 10.1. The number of ether oxygens (including phenoxy) is 1. The molecule has 0 aliphatic rings. The van der Waals surface area contributed by atoms with Crippen molar-refractivity contribution in [1.29, 1.82) is 0 Å². The lowest BCUT2D eigenvalue weighted by Gasteiger charge is -2.10. The number of nitrogens with one attached hydrogen (secondary N) is 1. The molecule has 1 N–H and O–H groups in total. The van der Waals surface area contributed by atoms with Crippen LogP contribution in [0.1, 0.15) is 41.0 Å². The van der Waals surface area contributed by atoms with Crippen LogP contribution < -0.4 is 5.32 Å². The van der Waals surface area contributed by atoms with Crippen molar-refractivity contribution in [3.63, 3.8) is 0 Å². The molecule has 0 aromatic heterocycles. The second-order valence-electron chi connectivity index (χ2n) is 5.32. The molecule has 0 amide bonds. The SMILES string of the molecule is CCOC(=O)c1ccc(N/C(=C/C(=O)c2ccc(Br)cc2)CC)cc1. The van der Waals surface area contributed by atoms with Gasteiger partial charge in [-0.15, -0.1) is 0 Å². The van der Waals surface area contributed by atoms with E-state index < -0.39 is 0 Å². The van der Waals surface area contributed by atoms with Crippen LogP contribution in [0.2, 0.25) is 0 Å². The molecule has 0 saturated heterocycles. The highest BCUT2D eigenvalue weighted by Crippen LogP contribution is 2.16. The summed E-state index contributed by atoms with van der Waals surface area (Å²) in [5.41, 5.74) is 2.75. The van der Waals surface area contributed by atoms with Crippen LogP contribution in [0.4, 0.5) is 5.69 Å². The molecule has 0 aliphatic carbocycles. The van der Waals surface area contributed by atoms with Gasteiger partial charge in [-0.1, -0.05) is 22.9 Å². The Bertz CT molecular complexity index is 765. The van der Waals surface area contributed by atoms with Crippen LogP contribution in [-0.2, 0) is 4.74 Å². The number of benzene rings is 2. The van der Waals surface area contributed by atoms with Crippen LogP contribution in [-0.4, -0.2) is 18.4 Å². The minimum atomic E-state index is -0.342. The van der Waals surface area contributed by atoms with Gasteiger partial charge < -0.3 is 10.1 Å². The molecule has 0 atom stereocenters. The van der Waals surface area contributed by atoms with Crippen LogP contribution in [0.5, 0.6) is 0 Å². The smallest absolute Gasteiger partial charge is 0.338 e. The van der Waals surface area contributed by atoms with Gasteiger partial charge in [-0.3, -0.25) is 4.79 Å². The van der Waals surface area contributed by atoms with E-state index in [0.717, 1.165) is 15.9 Å². The van der Waals surface area contributed by atoms with Crippen molar-refractivity contribution in [2.45, 2.75) is 20.3 Å². The predicted molar refractivity (Wildman–Crippen MR) is 103 cm³/mol. The van der Waals surface area contributed by atoms with Crippen molar-refractivity contribution in [3.8, 4) is 0 Å². The minimum Gasteiger partial charge on any atom is -0.462 e. The van der Waals surface area contributed by atoms with Gasteiger partial charge in [0.2, 0.25) is 0 Å². The molecule has 2 aromatic carbocycles. The van der Waals surface area contributed by atoms with E-state index in [1.54, 1.807) is 49.4 Å². The first kappa shape index (κ1) is 18.9. The topological polar surface area (TPSA) is 55.4 Å². The Hall–Kier alpha value is -2.40. The van der Waals surface area contributed by atoms with E-state index in [9.17, 15) is 9.59 Å². The first-order valence-corrected chi connectivity index (χ1v) is 8.87. The van der Waals surface area contributed by atoms with Crippen molar-refractivity contribution in [1.82, 2.24) is 0 Å². The Morgan fingerprint density at radius 1 is 1.00 bits per heavy atom. The van der Waals surface area contributed by atoms with E-state index in [4.69, 9.17) is 4.74 Å². The van der Waals surface area contributed by atoms with Gasteiger partial charge in [0.05, 0.1) is 12.2 Å². The number of carbonyl (C=O) groups excluding carboxylic acids is 2. The van der Waals surface area contributed by atoms with Crippen LogP contribution >= 0.6 is 15.9 Å². The van der Waals surface area contributed by atoms with Gasteiger partial charge in [-0.25, -0.2) is 4.79 Å². The number of carbonyl (C=O) groups is 2. The third kappa shape index (κ3) is 5.57. The molecular formula is C20H20BrNO3. The molecule has 0 spiro atoms. The Morgan fingerprint density at radius 3 is 2.16 bits per heavy atom. The van der Waals surface area contributed by atoms with Gasteiger partial charge >= 0.3 is 5.97 Å². The molecule has 0 radical (unpaired) electrons. The molecule has 0 unspecified atom stereocenters. The van der Waals surface area contributed by atoms with E-state index >= 15 is 0 Å². The molecule has 2 aromatic rings. The van der Waals surface area contributed by atoms with Gasteiger partial charge in [0, 0.05) is 27.5 Å². The van der Waals surface area contributed by atoms with Crippen molar-refractivity contribution < 1.29 is 14.3 Å². The average molecular weight is 402 g/mol. The maximum atomic E-state index is 12.3. The van der Waals surface area contributed by atoms with Gasteiger partial charge in [0.1, 0.15) is 0 Å². The highest BCUT2D eigenvalue weighted by atomic mass is 79.9. The Labute approximate surface area is 156 Å². The second kappa shape index (κ2) is 9.18. The zero-order valence-electron chi connectivity index (χ0n) is 14.2. The summed E-state index contributed by atoms with van der Waals surface area (Å²) < 4.78 is 5.90. The Balaban J connectivity index is 2.09. The molecule has 0 bridgehead atoms. The number of esters is 1. The first-order chi connectivity index (χ1) is 12.0. The summed E-state index contributed by atoms with van der Waals surface area (Å²) in [5.74, 6) is -0.397. The zero-order chi connectivity index (χ0) is 18.2. The third-order valence-corrected chi connectivity index (χ3v) is 4.04. The van der Waals surface area contributed by atoms with E-state index in [-0.39, 0.29) is 11.8 Å². The standard InChI is InChI=1S/C20H20BrNO3/c1-3-17(13-19(23)14-5-9-16(21)10-6-14)22-18-11-7-15(8-12-18)20(24)25-4-2/h5-13,22H,3-4H2,1-2H3/b17-13+. The number of anilines is 1. The molecule has 0 fully saturated rings. The van der Waals surface area contributed by atoms with E-state index in [1.807, 2.05) is 19.1 Å². The van der Waals surface area contributed by atoms with Crippen molar-refractivity contribution >= 4 is 33.4 Å². The molecule has 130 valence electrons. The summed E-state index contributed by atoms with van der Waals surface area (Å²) in [4.78, 5) is 24.0. The predicted octanol–water partition coefficient (Wildman–Crippen LogP) is 5.21. The van der Waals surface area contributed by atoms with Crippen LogP contribution in [0.25, 0.3) is 0 Å². The molecule has 0 aliphatic heterocycles. The second-order valence-corrected chi connectivity index (χ2v) is 6.23. The average Bonchev–Trinajstić information content (AvgIpc) is 2.62. The van der Waals surface area contributed by atoms with E-state index in [1.165, 1.54) is 0 Å². The monoisotopic (exact) mass is 401 g/mol. The number of rotatable bonds is 7. The van der Waals surface area contributed by atoms with Gasteiger partial charge in [-0.05, 0) is 61.9 Å². The Morgan fingerprint density at radius 2 is 1.60 bits per heavy atom. The fourth-order valence-corrected chi connectivity index (χ4v) is 2.44. The summed E-state index contributed by atoms with van der Waals surface area (Å²) in [6.45, 7) is 4.09. The van der Waals surface area contributed by atoms with E-state index in [0.29, 0.717) is 24.2 Å². The lowest BCUT2D eigenvalue weighted by Crippen LogP contribution is -2.06. The number of allylic oxidation sites excluding steroid dienone is 2.